The number of anilines is 1. The standard InChI is InChI=1S/C18H23FN4OS/c1-20-18(21-13-14-5-6-16(24-2)15(19)12-14)23-9-7-22(8-10-23)17-4-3-11-25-17/h3-6,11-12H,7-10,13H2,1-2H3,(H,20,21). The van der Waals surface area contributed by atoms with Crippen LogP contribution in [0.1, 0.15) is 5.56 Å². The largest absolute Gasteiger partial charge is 0.494 e. The molecule has 0 bridgehead atoms. The van der Waals surface area contributed by atoms with E-state index in [1.165, 1.54) is 18.2 Å². The summed E-state index contributed by atoms with van der Waals surface area (Å²) < 4.78 is 18.7. The third kappa shape index (κ3) is 4.22. The third-order valence-electron chi connectivity index (χ3n) is 4.28. The molecule has 7 heteroatoms. The van der Waals surface area contributed by atoms with Gasteiger partial charge in [-0.2, -0.15) is 0 Å². The molecule has 134 valence electrons. The molecular formula is C18H23FN4OS. The van der Waals surface area contributed by atoms with Gasteiger partial charge in [0, 0.05) is 39.8 Å². The van der Waals surface area contributed by atoms with E-state index < -0.39 is 0 Å². The number of nitrogens with one attached hydrogen (secondary N) is 1. The maximum Gasteiger partial charge on any atom is 0.194 e. The van der Waals surface area contributed by atoms with E-state index in [1.54, 1.807) is 24.5 Å². The molecule has 0 aliphatic carbocycles. The number of methoxy groups -OCH3 is 1. The van der Waals surface area contributed by atoms with Crippen LogP contribution in [0.3, 0.4) is 0 Å². The second kappa shape index (κ2) is 8.20. The molecule has 0 spiro atoms. The summed E-state index contributed by atoms with van der Waals surface area (Å²) in [6.07, 6.45) is 0. The molecule has 3 rings (SSSR count). The Bertz CT molecular complexity index is 712. The average Bonchev–Trinajstić information content (AvgIpc) is 3.17. The lowest BCUT2D eigenvalue weighted by atomic mass is 10.2. The van der Waals surface area contributed by atoms with Crippen LogP contribution in [-0.2, 0) is 6.54 Å². The van der Waals surface area contributed by atoms with Crippen molar-refractivity contribution in [1.82, 2.24) is 10.2 Å². The second-order valence-electron chi connectivity index (χ2n) is 5.80. The Kier molecular flexibility index (Phi) is 5.75. The van der Waals surface area contributed by atoms with Crippen LogP contribution < -0.4 is 15.0 Å². The van der Waals surface area contributed by atoms with Gasteiger partial charge in [0.25, 0.3) is 0 Å². The van der Waals surface area contributed by atoms with Gasteiger partial charge in [0.15, 0.2) is 17.5 Å². The fraction of sp³-hybridized carbons (Fsp3) is 0.389. The van der Waals surface area contributed by atoms with E-state index in [4.69, 9.17) is 4.74 Å². The summed E-state index contributed by atoms with van der Waals surface area (Å²) in [6.45, 7) is 4.29. The predicted octanol–water partition coefficient (Wildman–Crippen LogP) is 2.79. The molecule has 0 atom stereocenters. The number of piperazine rings is 1. The minimum Gasteiger partial charge on any atom is -0.494 e. The van der Waals surface area contributed by atoms with E-state index in [0.717, 1.165) is 37.7 Å². The molecule has 1 aromatic carbocycles. The minimum atomic E-state index is -0.346. The van der Waals surface area contributed by atoms with Gasteiger partial charge >= 0.3 is 0 Å². The molecule has 0 amide bonds. The van der Waals surface area contributed by atoms with Crippen LogP contribution in [0.15, 0.2) is 40.7 Å². The number of hydrogen-bond donors (Lipinski definition) is 1. The van der Waals surface area contributed by atoms with E-state index in [1.807, 2.05) is 6.07 Å². The SMILES string of the molecule is CN=C(NCc1ccc(OC)c(F)c1)N1CCN(c2cccs2)CC1. The van der Waals surface area contributed by atoms with Crippen LogP contribution in [0, 0.1) is 5.82 Å². The van der Waals surface area contributed by atoms with Crippen LogP contribution in [0.2, 0.25) is 0 Å². The number of rotatable bonds is 4. The molecule has 0 radical (unpaired) electrons. The number of ether oxygens (including phenoxy) is 1. The van der Waals surface area contributed by atoms with Crippen molar-refractivity contribution in [3.8, 4) is 5.75 Å². The number of halogens is 1. The monoisotopic (exact) mass is 362 g/mol. The van der Waals surface area contributed by atoms with Gasteiger partial charge in [-0.3, -0.25) is 4.99 Å². The predicted molar refractivity (Wildman–Crippen MR) is 101 cm³/mol. The van der Waals surface area contributed by atoms with Gasteiger partial charge in [0.2, 0.25) is 0 Å². The molecule has 2 heterocycles. The summed E-state index contributed by atoms with van der Waals surface area (Å²) in [6, 6.07) is 9.24. The maximum absolute atomic E-state index is 13.8. The summed E-state index contributed by atoms with van der Waals surface area (Å²) in [5.74, 6) is 0.765. The number of nitrogens with zero attached hydrogens (tertiary/aromatic N) is 3. The number of aliphatic imine (C=N–C) groups is 1. The molecule has 25 heavy (non-hydrogen) atoms. The first-order valence-corrected chi connectivity index (χ1v) is 9.15. The van der Waals surface area contributed by atoms with E-state index in [-0.39, 0.29) is 11.6 Å². The topological polar surface area (TPSA) is 40.1 Å². The zero-order chi connectivity index (χ0) is 17.6. The normalized spacial score (nSPS) is 15.4. The summed E-state index contributed by atoms with van der Waals surface area (Å²) in [5.41, 5.74) is 0.858. The zero-order valence-corrected chi connectivity index (χ0v) is 15.4. The lowest BCUT2D eigenvalue weighted by Gasteiger charge is -2.37. The van der Waals surface area contributed by atoms with Crippen molar-refractivity contribution >= 4 is 22.3 Å². The lowest BCUT2D eigenvalue weighted by molar-refractivity contribution is 0.373. The minimum absolute atomic E-state index is 0.262. The smallest absolute Gasteiger partial charge is 0.194 e. The Morgan fingerprint density at radius 3 is 2.68 bits per heavy atom. The first kappa shape index (κ1) is 17.5. The molecule has 2 aromatic rings. The fourth-order valence-corrected chi connectivity index (χ4v) is 3.71. The Balaban J connectivity index is 1.54. The van der Waals surface area contributed by atoms with E-state index in [0.29, 0.717) is 6.54 Å². The molecule has 1 N–H and O–H groups in total. The van der Waals surface area contributed by atoms with Crippen molar-refractivity contribution < 1.29 is 9.13 Å². The Morgan fingerprint density at radius 2 is 2.08 bits per heavy atom. The highest BCUT2D eigenvalue weighted by Gasteiger charge is 2.20. The molecule has 1 saturated heterocycles. The fourth-order valence-electron chi connectivity index (χ4n) is 2.92. The Morgan fingerprint density at radius 1 is 1.28 bits per heavy atom. The lowest BCUT2D eigenvalue weighted by Crippen LogP contribution is -2.52. The highest BCUT2D eigenvalue weighted by molar-refractivity contribution is 7.14. The van der Waals surface area contributed by atoms with Crippen molar-refractivity contribution in [3.63, 3.8) is 0 Å². The first-order chi connectivity index (χ1) is 12.2. The molecule has 0 unspecified atom stereocenters. The third-order valence-corrected chi connectivity index (χ3v) is 5.20. The Hall–Kier alpha value is -2.28. The van der Waals surface area contributed by atoms with Crippen molar-refractivity contribution in [2.75, 3.05) is 45.2 Å². The maximum atomic E-state index is 13.8. The highest BCUT2D eigenvalue weighted by atomic mass is 32.1. The average molecular weight is 362 g/mol. The van der Waals surface area contributed by atoms with Crippen molar-refractivity contribution in [2.24, 2.45) is 4.99 Å². The van der Waals surface area contributed by atoms with Crippen LogP contribution >= 0.6 is 11.3 Å². The van der Waals surface area contributed by atoms with Crippen LogP contribution in [0.5, 0.6) is 5.75 Å². The van der Waals surface area contributed by atoms with Gasteiger partial charge < -0.3 is 19.9 Å². The Labute approximate surface area is 151 Å². The molecule has 1 aromatic heterocycles. The summed E-state index contributed by atoms with van der Waals surface area (Å²) in [7, 11) is 3.25. The van der Waals surface area contributed by atoms with E-state index >= 15 is 0 Å². The van der Waals surface area contributed by atoms with Gasteiger partial charge in [-0.05, 0) is 35.2 Å². The summed E-state index contributed by atoms with van der Waals surface area (Å²) in [5, 5.41) is 6.75. The van der Waals surface area contributed by atoms with Crippen LogP contribution in [-0.4, -0.2) is 51.2 Å². The van der Waals surface area contributed by atoms with Gasteiger partial charge in [0.05, 0.1) is 12.1 Å². The molecule has 1 fully saturated rings. The van der Waals surface area contributed by atoms with Gasteiger partial charge in [0.1, 0.15) is 0 Å². The van der Waals surface area contributed by atoms with Crippen molar-refractivity contribution in [1.29, 1.82) is 0 Å². The van der Waals surface area contributed by atoms with Crippen molar-refractivity contribution in [3.05, 3.63) is 47.1 Å². The second-order valence-corrected chi connectivity index (χ2v) is 6.72. The van der Waals surface area contributed by atoms with Crippen molar-refractivity contribution in [2.45, 2.75) is 6.54 Å². The highest BCUT2D eigenvalue weighted by Crippen LogP contribution is 2.22. The molecule has 5 nitrogen and oxygen atoms in total. The van der Waals surface area contributed by atoms with Gasteiger partial charge in [-0.1, -0.05) is 6.07 Å². The van der Waals surface area contributed by atoms with Crippen LogP contribution in [0.4, 0.5) is 9.39 Å². The molecular weight excluding hydrogens is 339 g/mol. The number of benzene rings is 1. The van der Waals surface area contributed by atoms with Crippen LogP contribution in [0.25, 0.3) is 0 Å². The van der Waals surface area contributed by atoms with Gasteiger partial charge in [-0.25, -0.2) is 4.39 Å². The summed E-state index contributed by atoms with van der Waals surface area (Å²) >= 11 is 1.77. The number of hydrogen-bond acceptors (Lipinski definition) is 4. The molecule has 1 aliphatic heterocycles. The van der Waals surface area contributed by atoms with E-state index in [2.05, 4.69) is 37.6 Å². The quantitative estimate of drug-likeness (QED) is 0.671. The first-order valence-electron chi connectivity index (χ1n) is 8.27. The summed E-state index contributed by atoms with van der Waals surface area (Å²) in [4.78, 5) is 9.00. The van der Waals surface area contributed by atoms with Gasteiger partial charge in [-0.15, -0.1) is 11.3 Å². The van der Waals surface area contributed by atoms with E-state index in [9.17, 15) is 4.39 Å². The molecule has 1 aliphatic rings. The zero-order valence-electron chi connectivity index (χ0n) is 14.5. The molecule has 0 saturated carbocycles. The number of guanidine groups is 1. The number of thiophene rings is 1.